The van der Waals surface area contributed by atoms with Gasteiger partial charge in [-0.25, -0.2) is 4.39 Å². The average molecular weight is 245 g/mol. The molecule has 1 aromatic carbocycles. The van der Waals surface area contributed by atoms with Crippen molar-refractivity contribution in [3.8, 4) is 0 Å². The fourth-order valence-electron chi connectivity index (χ4n) is 1.57. The molecule has 0 fully saturated rings. The SMILES string of the molecule is Cc1ccc(C(=O)Nc2cncc(F)c2)c(N)c1. The van der Waals surface area contributed by atoms with Crippen molar-refractivity contribution < 1.29 is 9.18 Å². The fraction of sp³-hybridized carbons (Fsp3) is 0.0769. The number of aryl methyl sites for hydroxylation is 1. The van der Waals surface area contributed by atoms with E-state index in [-0.39, 0.29) is 5.91 Å². The largest absolute Gasteiger partial charge is 0.398 e. The van der Waals surface area contributed by atoms with Crippen molar-refractivity contribution in [1.29, 1.82) is 0 Å². The molecule has 92 valence electrons. The number of nitrogens with zero attached hydrogens (tertiary/aromatic N) is 1. The summed E-state index contributed by atoms with van der Waals surface area (Å²) in [4.78, 5) is 15.6. The molecule has 0 spiro atoms. The van der Waals surface area contributed by atoms with Gasteiger partial charge in [-0.15, -0.1) is 0 Å². The van der Waals surface area contributed by atoms with Crippen LogP contribution in [0.15, 0.2) is 36.7 Å². The Morgan fingerprint density at radius 2 is 2.11 bits per heavy atom. The smallest absolute Gasteiger partial charge is 0.257 e. The molecule has 2 rings (SSSR count). The number of carbonyl (C=O) groups excluding carboxylic acids is 1. The summed E-state index contributed by atoms with van der Waals surface area (Å²) in [7, 11) is 0. The van der Waals surface area contributed by atoms with Crippen molar-refractivity contribution in [3.63, 3.8) is 0 Å². The Hall–Kier alpha value is -2.43. The summed E-state index contributed by atoms with van der Waals surface area (Å²) in [6, 6.07) is 6.32. The van der Waals surface area contributed by atoms with Gasteiger partial charge in [0.1, 0.15) is 5.82 Å². The zero-order valence-electron chi connectivity index (χ0n) is 9.77. The molecule has 4 nitrogen and oxygen atoms in total. The molecule has 1 amide bonds. The van der Waals surface area contributed by atoms with E-state index in [4.69, 9.17) is 5.73 Å². The van der Waals surface area contributed by atoms with Crippen molar-refractivity contribution in [2.45, 2.75) is 6.92 Å². The van der Waals surface area contributed by atoms with Crippen LogP contribution in [0.4, 0.5) is 15.8 Å². The number of nitrogen functional groups attached to an aromatic ring is 1. The number of nitrogens with one attached hydrogen (secondary N) is 1. The Balaban J connectivity index is 2.22. The van der Waals surface area contributed by atoms with Gasteiger partial charge >= 0.3 is 0 Å². The summed E-state index contributed by atoms with van der Waals surface area (Å²) in [5.41, 5.74) is 7.75. The Kier molecular flexibility index (Phi) is 3.23. The predicted octanol–water partition coefficient (Wildman–Crippen LogP) is 2.36. The second-order valence-electron chi connectivity index (χ2n) is 3.94. The lowest BCUT2D eigenvalue weighted by molar-refractivity contribution is 0.102. The van der Waals surface area contributed by atoms with Gasteiger partial charge in [-0.2, -0.15) is 0 Å². The molecular formula is C13H12FN3O. The number of benzene rings is 1. The predicted molar refractivity (Wildman–Crippen MR) is 67.7 cm³/mol. The molecule has 3 N–H and O–H groups in total. The highest BCUT2D eigenvalue weighted by molar-refractivity contribution is 6.07. The Bertz CT molecular complexity index is 599. The second-order valence-corrected chi connectivity index (χ2v) is 3.94. The first kappa shape index (κ1) is 12.0. The van der Waals surface area contributed by atoms with Gasteiger partial charge in [0.15, 0.2) is 0 Å². The van der Waals surface area contributed by atoms with Gasteiger partial charge in [-0.3, -0.25) is 9.78 Å². The van der Waals surface area contributed by atoms with Crippen LogP contribution in [0.5, 0.6) is 0 Å². The normalized spacial score (nSPS) is 10.1. The van der Waals surface area contributed by atoms with E-state index in [1.165, 1.54) is 12.3 Å². The second kappa shape index (κ2) is 4.83. The number of hydrogen-bond donors (Lipinski definition) is 2. The van der Waals surface area contributed by atoms with Crippen LogP contribution in [-0.4, -0.2) is 10.9 Å². The summed E-state index contributed by atoms with van der Waals surface area (Å²) in [6.45, 7) is 1.88. The minimum atomic E-state index is -0.510. The van der Waals surface area contributed by atoms with Crippen LogP contribution in [0.25, 0.3) is 0 Å². The summed E-state index contributed by atoms with van der Waals surface area (Å²) in [5, 5.41) is 2.54. The van der Waals surface area contributed by atoms with Gasteiger partial charge in [0.05, 0.1) is 23.6 Å². The molecule has 0 aliphatic heterocycles. The number of nitrogens with two attached hydrogens (primary N) is 1. The summed E-state index contributed by atoms with van der Waals surface area (Å²) in [5.74, 6) is -0.899. The van der Waals surface area contributed by atoms with E-state index in [9.17, 15) is 9.18 Å². The number of aromatic nitrogens is 1. The van der Waals surface area contributed by atoms with E-state index in [0.717, 1.165) is 11.8 Å². The van der Waals surface area contributed by atoms with Crippen LogP contribution in [0.1, 0.15) is 15.9 Å². The highest BCUT2D eigenvalue weighted by Gasteiger charge is 2.10. The molecule has 0 aliphatic rings. The number of anilines is 2. The maximum atomic E-state index is 12.9. The molecule has 0 aliphatic carbocycles. The van der Waals surface area contributed by atoms with Crippen molar-refractivity contribution in [2.24, 2.45) is 0 Å². The van der Waals surface area contributed by atoms with Gasteiger partial charge in [0.25, 0.3) is 5.91 Å². The summed E-state index contributed by atoms with van der Waals surface area (Å²) >= 11 is 0. The third-order valence-electron chi connectivity index (χ3n) is 2.41. The van der Waals surface area contributed by atoms with E-state index in [1.54, 1.807) is 18.2 Å². The van der Waals surface area contributed by atoms with Crippen LogP contribution >= 0.6 is 0 Å². The minimum Gasteiger partial charge on any atom is -0.398 e. The van der Waals surface area contributed by atoms with Crippen molar-refractivity contribution >= 4 is 17.3 Å². The molecule has 0 unspecified atom stereocenters. The number of pyridine rings is 1. The Labute approximate surface area is 104 Å². The first-order chi connectivity index (χ1) is 8.56. The van der Waals surface area contributed by atoms with Crippen LogP contribution < -0.4 is 11.1 Å². The lowest BCUT2D eigenvalue weighted by Crippen LogP contribution is -2.14. The molecule has 0 atom stereocenters. The van der Waals surface area contributed by atoms with Crippen LogP contribution in [0.3, 0.4) is 0 Å². The van der Waals surface area contributed by atoms with Crippen molar-refractivity contribution in [2.75, 3.05) is 11.1 Å². The molecular weight excluding hydrogens is 233 g/mol. The van der Waals surface area contributed by atoms with E-state index in [2.05, 4.69) is 10.3 Å². The Morgan fingerprint density at radius 3 is 2.78 bits per heavy atom. The third kappa shape index (κ3) is 2.63. The van der Waals surface area contributed by atoms with E-state index in [1.807, 2.05) is 6.92 Å². The third-order valence-corrected chi connectivity index (χ3v) is 2.41. The zero-order chi connectivity index (χ0) is 13.1. The maximum Gasteiger partial charge on any atom is 0.257 e. The average Bonchev–Trinajstić information content (AvgIpc) is 2.28. The van der Waals surface area contributed by atoms with Gasteiger partial charge in [-0.1, -0.05) is 6.07 Å². The maximum absolute atomic E-state index is 12.9. The molecule has 5 heteroatoms. The quantitative estimate of drug-likeness (QED) is 0.798. The summed E-state index contributed by atoms with van der Waals surface area (Å²) < 4.78 is 12.9. The van der Waals surface area contributed by atoms with Gasteiger partial charge in [0, 0.05) is 11.8 Å². The van der Waals surface area contributed by atoms with Crippen LogP contribution in [0, 0.1) is 12.7 Å². The number of amides is 1. The van der Waals surface area contributed by atoms with Gasteiger partial charge < -0.3 is 11.1 Å². The first-order valence-electron chi connectivity index (χ1n) is 5.34. The number of halogens is 1. The molecule has 18 heavy (non-hydrogen) atoms. The molecule has 0 bridgehead atoms. The van der Waals surface area contributed by atoms with Crippen LogP contribution in [0.2, 0.25) is 0 Å². The fourth-order valence-corrected chi connectivity index (χ4v) is 1.57. The molecule has 2 aromatic rings. The van der Waals surface area contributed by atoms with E-state index in [0.29, 0.717) is 16.9 Å². The zero-order valence-corrected chi connectivity index (χ0v) is 9.77. The first-order valence-corrected chi connectivity index (χ1v) is 5.34. The molecule has 0 saturated carbocycles. The highest BCUT2D eigenvalue weighted by atomic mass is 19.1. The Morgan fingerprint density at radius 1 is 1.33 bits per heavy atom. The van der Waals surface area contributed by atoms with Crippen LogP contribution in [-0.2, 0) is 0 Å². The van der Waals surface area contributed by atoms with Crippen molar-refractivity contribution in [1.82, 2.24) is 4.98 Å². The monoisotopic (exact) mass is 245 g/mol. The standard InChI is InChI=1S/C13H12FN3O/c1-8-2-3-11(12(15)4-8)13(18)17-10-5-9(14)6-16-7-10/h2-7H,15H2,1H3,(H,17,18). The number of hydrogen-bond acceptors (Lipinski definition) is 3. The lowest BCUT2D eigenvalue weighted by atomic mass is 10.1. The summed E-state index contributed by atoms with van der Waals surface area (Å²) in [6.07, 6.45) is 2.43. The number of rotatable bonds is 2. The van der Waals surface area contributed by atoms with Gasteiger partial charge in [-0.05, 0) is 24.6 Å². The van der Waals surface area contributed by atoms with Gasteiger partial charge in [0.2, 0.25) is 0 Å². The molecule has 0 saturated heterocycles. The lowest BCUT2D eigenvalue weighted by Gasteiger charge is -2.07. The minimum absolute atomic E-state index is 0.292. The molecule has 1 heterocycles. The molecule has 1 aromatic heterocycles. The molecule has 0 radical (unpaired) electrons. The van der Waals surface area contributed by atoms with Crippen molar-refractivity contribution in [3.05, 3.63) is 53.6 Å². The topological polar surface area (TPSA) is 68.0 Å². The number of carbonyl (C=O) groups is 1. The van der Waals surface area contributed by atoms with E-state index >= 15 is 0 Å². The highest BCUT2D eigenvalue weighted by Crippen LogP contribution is 2.16. The van der Waals surface area contributed by atoms with E-state index < -0.39 is 5.82 Å².